The zero-order chi connectivity index (χ0) is 17.8. The fourth-order valence-corrected chi connectivity index (χ4v) is 3.19. The van der Waals surface area contributed by atoms with Crippen molar-refractivity contribution in [3.8, 4) is 0 Å². The van der Waals surface area contributed by atoms with E-state index in [9.17, 15) is 4.79 Å². The molecule has 1 saturated heterocycles. The van der Waals surface area contributed by atoms with Crippen molar-refractivity contribution in [2.45, 2.75) is 13.0 Å². The number of furan rings is 1. The Morgan fingerprint density at radius 2 is 1.84 bits per heavy atom. The molecule has 1 aromatic heterocycles. The van der Waals surface area contributed by atoms with Gasteiger partial charge in [-0.05, 0) is 50.4 Å². The topological polar surface area (TPSA) is 48.7 Å². The number of likely N-dealkylation sites (N-methyl/N-ethyl adjacent to an activating group) is 1. The fourth-order valence-electron chi connectivity index (χ4n) is 3.07. The quantitative estimate of drug-likeness (QED) is 0.889. The standard InChI is InChI=1S/C19H24ClN3O2/c1-14-3-8-18(25-14)17(23-11-9-22(2)10-12-23)13-21-19(24)15-4-6-16(20)7-5-15/h3-8,17H,9-13H2,1-2H3,(H,21,24)/t17-/m1/s1. The van der Waals surface area contributed by atoms with E-state index in [0.717, 1.165) is 37.7 Å². The van der Waals surface area contributed by atoms with Crippen LogP contribution < -0.4 is 5.32 Å². The summed E-state index contributed by atoms with van der Waals surface area (Å²) in [6.45, 7) is 6.40. The number of rotatable bonds is 5. The van der Waals surface area contributed by atoms with E-state index in [0.29, 0.717) is 17.1 Å². The van der Waals surface area contributed by atoms with E-state index in [2.05, 4.69) is 22.2 Å². The zero-order valence-corrected chi connectivity index (χ0v) is 15.4. The van der Waals surface area contributed by atoms with Crippen molar-refractivity contribution in [1.82, 2.24) is 15.1 Å². The Kier molecular flexibility index (Phi) is 5.78. The molecule has 2 heterocycles. The largest absolute Gasteiger partial charge is 0.465 e. The third-order valence-electron chi connectivity index (χ3n) is 4.63. The van der Waals surface area contributed by atoms with Gasteiger partial charge in [-0.1, -0.05) is 11.6 Å². The summed E-state index contributed by atoms with van der Waals surface area (Å²) >= 11 is 5.88. The monoisotopic (exact) mass is 361 g/mol. The van der Waals surface area contributed by atoms with Crippen LogP contribution in [0.15, 0.2) is 40.8 Å². The predicted octanol–water partition coefficient (Wildman–Crippen LogP) is 2.96. The number of hydrogen-bond acceptors (Lipinski definition) is 4. The van der Waals surface area contributed by atoms with E-state index >= 15 is 0 Å². The second-order valence-electron chi connectivity index (χ2n) is 6.52. The first-order chi connectivity index (χ1) is 12.0. The SMILES string of the molecule is Cc1ccc([C@@H](CNC(=O)c2ccc(Cl)cc2)N2CCN(C)CC2)o1. The lowest BCUT2D eigenvalue weighted by molar-refractivity contribution is 0.0849. The maximum atomic E-state index is 12.4. The third kappa shape index (κ3) is 4.63. The molecule has 1 aliphatic rings. The van der Waals surface area contributed by atoms with Gasteiger partial charge in [-0.25, -0.2) is 0 Å². The number of piperazine rings is 1. The Morgan fingerprint density at radius 1 is 1.16 bits per heavy atom. The van der Waals surface area contributed by atoms with E-state index in [1.165, 1.54) is 0 Å². The summed E-state index contributed by atoms with van der Waals surface area (Å²) in [5.74, 6) is 1.69. The van der Waals surface area contributed by atoms with Gasteiger partial charge in [0.05, 0.1) is 6.04 Å². The first kappa shape index (κ1) is 18.0. The van der Waals surface area contributed by atoms with Crippen LogP contribution in [0.5, 0.6) is 0 Å². The minimum absolute atomic E-state index is 0.0404. The summed E-state index contributed by atoms with van der Waals surface area (Å²) in [4.78, 5) is 17.1. The third-order valence-corrected chi connectivity index (χ3v) is 4.88. The van der Waals surface area contributed by atoms with E-state index in [1.807, 2.05) is 19.1 Å². The fraction of sp³-hybridized carbons (Fsp3) is 0.421. The first-order valence-corrected chi connectivity index (χ1v) is 8.93. The molecular weight excluding hydrogens is 338 g/mol. The number of carbonyl (C=O) groups excluding carboxylic acids is 1. The van der Waals surface area contributed by atoms with Crippen LogP contribution >= 0.6 is 11.6 Å². The molecule has 0 aliphatic carbocycles. The number of nitrogens with zero attached hydrogens (tertiary/aromatic N) is 2. The highest BCUT2D eigenvalue weighted by Crippen LogP contribution is 2.23. The van der Waals surface area contributed by atoms with Crippen molar-refractivity contribution >= 4 is 17.5 Å². The highest BCUT2D eigenvalue weighted by atomic mass is 35.5. The Morgan fingerprint density at radius 3 is 2.44 bits per heavy atom. The predicted molar refractivity (Wildman–Crippen MR) is 99.0 cm³/mol. The van der Waals surface area contributed by atoms with Crippen LogP contribution in [0.3, 0.4) is 0 Å². The maximum absolute atomic E-state index is 12.4. The van der Waals surface area contributed by atoms with Gasteiger partial charge in [0.25, 0.3) is 5.91 Å². The molecule has 0 saturated carbocycles. The molecule has 6 heteroatoms. The number of hydrogen-bond donors (Lipinski definition) is 1. The number of benzene rings is 1. The average Bonchev–Trinajstić information content (AvgIpc) is 3.03. The number of amides is 1. The van der Waals surface area contributed by atoms with Gasteiger partial charge in [0.15, 0.2) is 0 Å². The molecule has 1 aromatic carbocycles. The molecule has 134 valence electrons. The van der Waals surface area contributed by atoms with Crippen molar-refractivity contribution in [3.63, 3.8) is 0 Å². The second kappa shape index (κ2) is 8.04. The molecule has 2 aromatic rings. The normalized spacial score (nSPS) is 17.4. The number of halogens is 1. The van der Waals surface area contributed by atoms with E-state index in [4.69, 9.17) is 16.0 Å². The lowest BCUT2D eigenvalue weighted by Gasteiger charge is -2.37. The van der Waals surface area contributed by atoms with Crippen molar-refractivity contribution < 1.29 is 9.21 Å². The molecule has 1 amide bonds. The van der Waals surface area contributed by atoms with Gasteiger partial charge in [0.1, 0.15) is 11.5 Å². The lowest BCUT2D eigenvalue weighted by atomic mass is 10.1. The van der Waals surface area contributed by atoms with E-state index < -0.39 is 0 Å². The molecule has 1 fully saturated rings. The molecule has 0 radical (unpaired) electrons. The smallest absolute Gasteiger partial charge is 0.251 e. The minimum atomic E-state index is -0.0981. The summed E-state index contributed by atoms with van der Waals surface area (Å²) in [5, 5.41) is 3.66. The summed E-state index contributed by atoms with van der Waals surface area (Å²) in [6, 6.07) is 10.9. The van der Waals surface area contributed by atoms with Crippen molar-refractivity contribution in [2.24, 2.45) is 0 Å². The maximum Gasteiger partial charge on any atom is 0.251 e. The molecule has 0 unspecified atom stereocenters. The van der Waals surface area contributed by atoms with Gasteiger partial charge in [0.2, 0.25) is 0 Å². The zero-order valence-electron chi connectivity index (χ0n) is 14.7. The number of nitrogens with one attached hydrogen (secondary N) is 1. The van der Waals surface area contributed by atoms with Gasteiger partial charge in [-0.3, -0.25) is 9.69 Å². The van der Waals surface area contributed by atoms with Gasteiger partial charge < -0.3 is 14.6 Å². The lowest BCUT2D eigenvalue weighted by Crippen LogP contribution is -2.48. The summed E-state index contributed by atoms with van der Waals surface area (Å²) in [6.07, 6.45) is 0. The van der Waals surface area contributed by atoms with Crippen molar-refractivity contribution in [3.05, 3.63) is 58.5 Å². The molecule has 0 spiro atoms. The molecule has 1 aliphatic heterocycles. The van der Waals surface area contributed by atoms with Crippen LogP contribution in [0.25, 0.3) is 0 Å². The Bertz CT molecular complexity index is 706. The molecule has 1 atom stereocenters. The van der Waals surface area contributed by atoms with Gasteiger partial charge in [0, 0.05) is 43.3 Å². The first-order valence-electron chi connectivity index (χ1n) is 8.55. The van der Waals surface area contributed by atoms with Crippen LogP contribution in [-0.4, -0.2) is 55.5 Å². The van der Waals surface area contributed by atoms with Crippen molar-refractivity contribution in [1.29, 1.82) is 0 Å². The molecule has 1 N–H and O–H groups in total. The van der Waals surface area contributed by atoms with Gasteiger partial charge in [-0.2, -0.15) is 0 Å². The van der Waals surface area contributed by atoms with Crippen LogP contribution in [0.2, 0.25) is 5.02 Å². The second-order valence-corrected chi connectivity index (χ2v) is 6.96. The molecule has 3 rings (SSSR count). The molecule has 0 bridgehead atoms. The molecular formula is C19H24ClN3O2. The van der Waals surface area contributed by atoms with Crippen LogP contribution in [-0.2, 0) is 0 Å². The average molecular weight is 362 g/mol. The van der Waals surface area contributed by atoms with Gasteiger partial charge >= 0.3 is 0 Å². The summed E-state index contributed by atoms with van der Waals surface area (Å²) in [7, 11) is 2.13. The summed E-state index contributed by atoms with van der Waals surface area (Å²) in [5.41, 5.74) is 0.608. The highest BCUT2D eigenvalue weighted by Gasteiger charge is 2.26. The van der Waals surface area contributed by atoms with Crippen LogP contribution in [0.1, 0.15) is 27.9 Å². The Hall–Kier alpha value is -1.82. The molecule has 25 heavy (non-hydrogen) atoms. The Balaban J connectivity index is 1.69. The highest BCUT2D eigenvalue weighted by molar-refractivity contribution is 6.30. The number of aryl methyl sites for hydroxylation is 1. The van der Waals surface area contributed by atoms with Gasteiger partial charge in [-0.15, -0.1) is 0 Å². The van der Waals surface area contributed by atoms with E-state index in [1.54, 1.807) is 24.3 Å². The number of carbonyl (C=O) groups is 1. The Labute approximate surface area is 153 Å². The van der Waals surface area contributed by atoms with Crippen LogP contribution in [0, 0.1) is 6.92 Å². The summed E-state index contributed by atoms with van der Waals surface area (Å²) < 4.78 is 5.86. The van der Waals surface area contributed by atoms with Crippen molar-refractivity contribution in [2.75, 3.05) is 39.8 Å². The van der Waals surface area contributed by atoms with E-state index in [-0.39, 0.29) is 11.9 Å². The molecule has 5 nitrogen and oxygen atoms in total. The van der Waals surface area contributed by atoms with Crippen LogP contribution in [0.4, 0.5) is 0 Å². The minimum Gasteiger partial charge on any atom is -0.465 e.